The maximum absolute atomic E-state index is 11.9. The van der Waals surface area contributed by atoms with Gasteiger partial charge >= 0.3 is 11.9 Å². The molecular formula is C17H26O7. The van der Waals surface area contributed by atoms with Gasteiger partial charge in [0.1, 0.15) is 0 Å². The Bertz CT molecular complexity index is 530. The van der Waals surface area contributed by atoms with Crippen molar-refractivity contribution >= 4 is 11.9 Å². The fourth-order valence-corrected chi connectivity index (χ4v) is 2.61. The van der Waals surface area contributed by atoms with E-state index >= 15 is 0 Å². The smallest absolute Gasteiger partial charge is 0.373 e. The lowest BCUT2D eigenvalue weighted by Crippen LogP contribution is -2.41. The molecule has 0 N–H and O–H groups in total. The van der Waals surface area contributed by atoms with Crippen LogP contribution in [0.2, 0.25) is 0 Å². The van der Waals surface area contributed by atoms with E-state index in [0.29, 0.717) is 6.42 Å². The Morgan fingerprint density at radius 1 is 1.33 bits per heavy atom. The number of methoxy groups -OCH3 is 1. The van der Waals surface area contributed by atoms with Crippen LogP contribution in [0.4, 0.5) is 0 Å². The number of carbonyl (C=O) groups excluding carboxylic acids is 2. The van der Waals surface area contributed by atoms with Gasteiger partial charge < -0.3 is 23.7 Å². The quantitative estimate of drug-likeness (QED) is 0.722. The molecule has 0 aromatic heterocycles. The summed E-state index contributed by atoms with van der Waals surface area (Å²) in [5.41, 5.74) is -0.872. The first-order valence-electron chi connectivity index (χ1n) is 7.98. The molecule has 1 saturated heterocycles. The molecular weight excluding hydrogens is 316 g/mol. The zero-order valence-electron chi connectivity index (χ0n) is 15.1. The van der Waals surface area contributed by atoms with Crippen LogP contribution in [0.25, 0.3) is 0 Å². The van der Waals surface area contributed by atoms with Gasteiger partial charge in [-0.15, -0.1) is 0 Å². The molecule has 136 valence electrons. The number of cyclic esters (lactones) is 1. The van der Waals surface area contributed by atoms with Gasteiger partial charge in [0.25, 0.3) is 0 Å². The van der Waals surface area contributed by atoms with Gasteiger partial charge in [0.15, 0.2) is 6.10 Å². The second-order valence-electron chi connectivity index (χ2n) is 7.69. The average Bonchev–Trinajstić information content (AvgIpc) is 2.71. The Kier molecular flexibility index (Phi) is 5.25. The highest BCUT2D eigenvalue weighted by Gasteiger charge is 2.47. The highest BCUT2D eigenvalue weighted by Crippen LogP contribution is 2.34. The molecule has 0 aromatic carbocycles. The summed E-state index contributed by atoms with van der Waals surface area (Å²) in [6, 6.07) is 0. The van der Waals surface area contributed by atoms with E-state index < -0.39 is 41.5 Å². The van der Waals surface area contributed by atoms with Crippen molar-refractivity contribution in [1.29, 1.82) is 0 Å². The van der Waals surface area contributed by atoms with Crippen molar-refractivity contribution in [2.75, 3.05) is 13.7 Å². The first-order valence-corrected chi connectivity index (χ1v) is 7.98. The molecule has 0 aliphatic carbocycles. The second-order valence-corrected chi connectivity index (χ2v) is 7.69. The lowest BCUT2D eigenvalue weighted by molar-refractivity contribution is -0.203. The minimum absolute atomic E-state index is 0.0205. The zero-order valence-corrected chi connectivity index (χ0v) is 15.1. The Labute approximate surface area is 142 Å². The van der Waals surface area contributed by atoms with E-state index in [1.54, 1.807) is 6.08 Å². The Balaban J connectivity index is 2.14. The van der Waals surface area contributed by atoms with Crippen LogP contribution in [0.1, 0.15) is 41.0 Å². The van der Waals surface area contributed by atoms with E-state index in [-0.39, 0.29) is 12.4 Å². The molecule has 0 saturated carbocycles. The van der Waals surface area contributed by atoms with Crippen molar-refractivity contribution in [2.45, 2.75) is 65.1 Å². The number of hydrogen-bond donors (Lipinski definition) is 0. The number of carbonyl (C=O) groups is 2. The minimum Gasteiger partial charge on any atom is -0.463 e. The lowest BCUT2D eigenvalue weighted by Gasteiger charge is -2.34. The maximum Gasteiger partial charge on any atom is 0.373 e. The standard InChI is InChI=1S/C17H26O7/c1-16(2,3)24-10-7-11(14(18)20-6)22-12(8-10)23-13-15(19)21-9-17(13,4)5/h7,10,12-13H,8-9H2,1-6H3/t10-,12-,13+/m1/s1. The zero-order chi connectivity index (χ0) is 18.1. The number of esters is 2. The Morgan fingerprint density at radius 3 is 2.50 bits per heavy atom. The van der Waals surface area contributed by atoms with Crippen LogP contribution >= 0.6 is 0 Å². The molecule has 0 aromatic rings. The molecule has 0 bridgehead atoms. The van der Waals surface area contributed by atoms with Gasteiger partial charge in [0.05, 0.1) is 25.4 Å². The first kappa shape index (κ1) is 18.7. The Morgan fingerprint density at radius 2 is 2.00 bits per heavy atom. The topological polar surface area (TPSA) is 80.3 Å². The monoisotopic (exact) mass is 342 g/mol. The predicted molar refractivity (Wildman–Crippen MR) is 83.8 cm³/mol. The molecule has 1 fully saturated rings. The van der Waals surface area contributed by atoms with Gasteiger partial charge in [0.2, 0.25) is 12.0 Å². The molecule has 7 nitrogen and oxygen atoms in total. The summed E-state index contributed by atoms with van der Waals surface area (Å²) in [5, 5.41) is 0. The summed E-state index contributed by atoms with van der Waals surface area (Å²) < 4.78 is 27.1. The van der Waals surface area contributed by atoms with E-state index in [2.05, 4.69) is 0 Å². The summed E-state index contributed by atoms with van der Waals surface area (Å²) in [7, 11) is 1.27. The maximum atomic E-state index is 11.9. The molecule has 24 heavy (non-hydrogen) atoms. The van der Waals surface area contributed by atoms with Gasteiger partial charge in [0, 0.05) is 11.8 Å². The summed E-state index contributed by atoms with van der Waals surface area (Å²) in [4.78, 5) is 23.7. The minimum atomic E-state index is -0.800. The SMILES string of the molecule is COC(=O)C1=C[C@@H](OC(C)(C)C)C[C@@H](O[C@H]2C(=O)OCC2(C)C)O1. The van der Waals surface area contributed by atoms with Crippen LogP contribution in [0.3, 0.4) is 0 Å². The van der Waals surface area contributed by atoms with Crippen molar-refractivity contribution < 1.29 is 33.3 Å². The molecule has 2 rings (SSSR count). The molecule has 0 radical (unpaired) electrons. The molecule has 0 spiro atoms. The van der Waals surface area contributed by atoms with E-state index in [1.807, 2.05) is 34.6 Å². The normalized spacial score (nSPS) is 29.5. The fourth-order valence-electron chi connectivity index (χ4n) is 2.61. The van der Waals surface area contributed by atoms with Crippen LogP contribution in [0, 0.1) is 5.41 Å². The molecule has 2 aliphatic rings. The van der Waals surface area contributed by atoms with Crippen molar-refractivity contribution in [2.24, 2.45) is 5.41 Å². The van der Waals surface area contributed by atoms with Crippen molar-refractivity contribution in [1.82, 2.24) is 0 Å². The van der Waals surface area contributed by atoms with E-state index in [1.165, 1.54) is 7.11 Å². The van der Waals surface area contributed by atoms with E-state index in [9.17, 15) is 9.59 Å². The third kappa shape index (κ3) is 4.48. The fraction of sp³-hybridized carbons (Fsp3) is 0.765. The summed E-state index contributed by atoms with van der Waals surface area (Å²) in [6.45, 7) is 9.80. The third-order valence-electron chi connectivity index (χ3n) is 3.71. The predicted octanol–water partition coefficient (Wildman–Crippen LogP) is 1.94. The van der Waals surface area contributed by atoms with Crippen molar-refractivity contribution in [3.05, 3.63) is 11.8 Å². The Hall–Kier alpha value is -1.60. The third-order valence-corrected chi connectivity index (χ3v) is 3.71. The number of hydrogen-bond acceptors (Lipinski definition) is 7. The van der Waals surface area contributed by atoms with Gasteiger partial charge in [-0.25, -0.2) is 9.59 Å². The number of rotatable bonds is 4. The van der Waals surface area contributed by atoms with Gasteiger partial charge in [-0.05, 0) is 26.8 Å². The molecule has 7 heteroatoms. The van der Waals surface area contributed by atoms with Crippen molar-refractivity contribution in [3.8, 4) is 0 Å². The molecule has 0 unspecified atom stereocenters. The highest BCUT2D eigenvalue weighted by molar-refractivity contribution is 5.86. The molecule has 3 atom stereocenters. The highest BCUT2D eigenvalue weighted by atomic mass is 16.7. The molecule has 0 amide bonds. The summed E-state index contributed by atoms with van der Waals surface area (Å²) >= 11 is 0. The van der Waals surface area contributed by atoms with Crippen LogP contribution in [-0.4, -0.2) is 49.8 Å². The van der Waals surface area contributed by atoms with E-state index in [4.69, 9.17) is 23.7 Å². The second kappa shape index (κ2) is 6.72. The average molecular weight is 342 g/mol. The summed E-state index contributed by atoms with van der Waals surface area (Å²) in [5.74, 6) is -1.02. The van der Waals surface area contributed by atoms with Crippen LogP contribution < -0.4 is 0 Å². The van der Waals surface area contributed by atoms with Gasteiger partial charge in [-0.2, -0.15) is 0 Å². The summed E-state index contributed by atoms with van der Waals surface area (Å²) in [6.07, 6.45) is -0.00768. The van der Waals surface area contributed by atoms with Gasteiger partial charge in [-0.3, -0.25) is 0 Å². The van der Waals surface area contributed by atoms with Crippen LogP contribution in [0.15, 0.2) is 11.8 Å². The van der Waals surface area contributed by atoms with E-state index in [0.717, 1.165) is 0 Å². The lowest BCUT2D eigenvalue weighted by atomic mass is 9.90. The number of ether oxygens (including phenoxy) is 5. The van der Waals surface area contributed by atoms with Gasteiger partial charge in [-0.1, -0.05) is 13.8 Å². The molecule has 2 heterocycles. The van der Waals surface area contributed by atoms with Crippen LogP contribution in [0.5, 0.6) is 0 Å². The molecule has 2 aliphatic heterocycles. The van der Waals surface area contributed by atoms with Crippen LogP contribution in [-0.2, 0) is 33.3 Å². The first-order chi connectivity index (χ1) is 11.0. The van der Waals surface area contributed by atoms with Crippen molar-refractivity contribution in [3.63, 3.8) is 0 Å². The largest absolute Gasteiger partial charge is 0.463 e.